The third kappa shape index (κ3) is 4.90. The second kappa shape index (κ2) is 8.77. The Morgan fingerprint density at radius 1 is 0.818 bits per heavy atom. The predicted molar refractivity (Wildman–Crippen MR) is 116 cm³/mol. The molecule has 1 aromatic rings. The zero-order valence-electron chi connectivity index (χ0n) is 12.0. The van der Waals surface area contributed by atoms with Gasteiger partial charge in [-0.2, -0.15) is 25.3 Å². The first kappa shape index (κ1) is 17.6. The molecule has 2 aliphatic heterocycles. The highest BCUT2D eigenvalue weighted by Crippen LogP contribution is 2.43. The Kier molecular flexibility index (Phi) is 7.02. The van der Waals surface area contributed by atoms with Gasteiger partial charge in [-0.1, -0.05) is 24.3 Å². The molecule has 118 valence electrons. The fourth-order valence-electron chi connectivity index (χ4n) is 2.35. The minimum Gasteiger partial charge on any atom is -0.174 e. The fraction of sp³-hybridized carbons (Fsp3) is 0.375. The van der Waals surface area contributed by atoms with Gasteiger partial charge in [0.05, 0.1) is 9.16 Å². The van der Waals surface area contributed by atoms with E-state index in [9.17, 15) is 0 Å². The van der Waals surface area contributed by atoms with Gasteiger partial charge in [0.1, 0.15) is 0 Å². The van der Waals surface area contributed by atoms with E-state index < -0.39 is 0 Å². The molecule has 2 heterocycles. The Hall–Kier alpha value is 0.800. The summed E-state index contributed by atoms with van der Waals surface area (Å²) in [5.41, 5.74) is 2.90. The van der Waals surface area contributed by atoms with Gasteiger partial charge in [0, 0.05) is 21.3 Å². The molecule has 0 aromatic heterocycles. The zero-order valence-corrected chi connectivity index (χ0v) is 17.0. The van der Waals surface area contributed by atoms with E-state index in [0.29, 0.717) is 9.16 Å². The van der Waals surface area contributed by atoms with Crippen LogP contribution in [0.5, 0.6) is 0 Å². The number of thiol groups is 2. The third-order valence-corrected chi connectivity index (χ3v) is 9.80. The van der Waals surface area contributed by atoms with Crippen molar-refractivity contribution in [2.75, 3.05) is 11.5 Å². The number of thioether (sulfide) groups is 4. The standard InChI is InChI=1S/C16H18S6/c17-7-13-9-19-15(21-13)5-11-2-1-3-12(4-11)6-16-20-10-14(8-18)22-16/h1-4,9-10,15-18H,5-8H2. The lowest BCUT2D eigenvalue weighted by molar-refractivity contribution is 1.06. The second-order valence-corrected chi connectivity index (χ2v) is 11.1. The van der Waals surface area contributed by atoms with Crippen LogP contribution in [-0.4, -0.2) is 20.7 Å². The summed E-state index contributed by atoms with van der Waals surface area (Å²) in [4.78, 5) is 2.80. The molecule has 0 fully saturated rings. The lowest BCUT2D eigenvalue weighted by Crippen LogP contribution is -2.02. The summed E-state index contributed by atoms with van der Waals surface area (Å²) >= 11 is 16.5. The smallest absolute Gasteiger partial charge is 0.0628 e. The maximum Gasteiger partial charge on any atom is 0.0628 e. The molecule has 0 saturated heterocycles. The molecule has 0 nitrogen and oxygen atoms in total. The molecule has 22 heavy (non-hydrogen) atoms. The molecule has 3 rings (SSSR count). The van der Waals surface area contributed by atoms with Crippen molar-refractivity contribution in [3.8, 4) is 0 Å². The largest absolute Gasteiger partial charge is 0.174 e. The minimum absolute atomic E-state index is 0.616. The van der Waals surface area contributed by atoms with Gasteiger partial charge in [-0.3, -0.25) is 0 Å². The van der Waals surface area contributed by atoms with Gasteiger partial charge in [-0.15, -0.1) is 47.0 Å². The third-order valence-electron chi connectivity index (χ3n) is 3.38. The first-order chi connectivity index (χ1) is 10.8. The Balaban J connectivity index is 1.55. The van der Waals surface area contributed by atoms with Gasteiger partial charge >= 0.3 is 0 Å². The highest BCUT2D eigenvalue weighted by atomic mass is 32.2. The Morgan fingerprint density at radius 2 is 1.32 bits per heavy atom. The number of hydrogen-bond donors (Lipinski definition) is 2. The van der Waals surface area contributed by atoms with Crippen LogP contribution >= 0.6 is 72.3 Å². The highest BCUT2D eigenvalue weighted by Gasteiger charge is 2.20. The fourth-order valence-corrected chi connectivity index (χ4v) is 8.25. The molecule has 0 bridgehead atoms. The maximum atomic E-state index is 4.36. The maximum absolute atomic E-state index is 4.36. The second-order valence-electron chi connectivity index (χ2n) is 5.08. The van der Waals surface area contributed by atoms with E-state index in [-0.39, 0.29) is 0 Å². The molecule has 2 atom stereocenters. The molecule has 0 radical (unpaired) electrons. The summed E-state index contributed by atoms with van der Waals surface area (Å²) in [6.45, 7) is 0. The molecule has 2 aliphatic rings. The summed E-state index contributed by atoms with van der Waals surface area (Å²) in [6.07, 6.45) is 2.25. The molecule has 0 aliphatic carbocycles. The van der Waals surface area contributed by atoms with Gasteiger partial charge in [-0.05, 0) is 34.8 Å². The van der Waals surface area contributed by atoms with Gasteiger partial charge < -0.3 is 0 Å². The normalized spacial score (nSPS) is 24.5. The van der Waals surface area contributed by atoms with E-state index in [4.69, 9.17) is 0 Å². The number of hydrogen-bond acceptors (Lipinski definition) is 6. The van der Waals surface area contributed by atoms with Crippen LogP contribution < -0.4 is 0 Å². The van der Waals surface area contributed by atoms with E-state index in [0.717, 1.165) is 24.3 Å². The summed E-state index contributed by atoms with van der Waals surface area (Å²) in [7, 11) is 0. The van der Waals surface area contributed by atoms with Gasteiger partial charge in [0.25, 0.3) is 0 Å². The predicted octanol–water partition coefficient (Wildman–Crippen LogP) is 5.93. The van der Waals surface area contributed by atoms with Crippen LogP contribution in [0.25, 0.3) is 0 Å². The zero-order chi connectivity index (χ0) is 15.4. The molecule has 2 unspecified atom stereocenters. The van der Waals surface area contributed by atoms with Crippen molar-refractivity contribution in [2.24, 2.45) is 0 Å². The van der Waals surface area contributed by atoms with Crippen molar-refractivity contribution < 1.29 is 0 Å². The Bertz CT molecular complexity index is 533. The number of rotatable bonds is 6. The van der Waals surface area contributed by atoms with Crippen LogP contribution in [0, 0.1) is 0 Å². The van der Waals surface area contributed by atoms with Gasteiger partial charge in [0.2, 0.25) is 0 Å². The lowest BCUT2D eigenvalue weighted by Gasteiger charge is -2.12. The van der Waals surface area contributed by atoms with Crippen LogP contribution in [-0.2, 0) is 12.8 Å². The monoisotopic (exact) mass is 402 g/mol. The van der Waals surface area contributed by atoms with Crippen molar-refractivity contribution in [2.45, 2.75) is 22.0 Å². The highest BCUT2D eigenvalue weighted by molar-refractivity contribution is 8.23. The Morgan fingerprint density at radius 3 is 1.73 bits per heavy atom. The summed E-state index contributed by atoms with van der Waals surface area (Å²) in [5, 5.41) is 4.53. The van der Waals surface area contributed by atoms with Gasteiger partial charge in [0.15, 0.2) is 0 Å². The van der Waals surface area contributed by atoms with E-state index in [1.165, 1.54) is 20.9 Å². The summed E-state index contributed by atoms with van der Waals surface area (Å²) in [6, 6.07) is 9.12. The van der Waals surface area contributed by atoms with Crippen molar-refractivity contribution in [3.05, 3.63) is 56.0 Å². The molecular formula is C16H18S6. The van der Waals surface area contributed by atoms with Crippen LogP contribution in [0.1, 0.15) is 11.1 Å². The molecule has 0 amide bonds. The van der Waals surface area contributed by atoms with Crippen molar-refractivity contribution >= 4 is 72.3 Å². The van der Waals surface area contributed by atoms with Crippen LogP contribution in [0.2, 0.25) is 0 Å². The lowest BCUT2D eigenvalue weighted by atomic mass is 10.1. The van der Waals surface area contributed by atoms with Crippen LogP contribution in [0.3, 0.4) is 0 Å². The van der Waals surface area contributed by atoms with E-state index in [2.05, 4.69) is 60.3 Å². The van der Waals surface area contributed by atoms with E-state index >= 15 is 0 Å². The number of benzene rings is 1. The quantitative estimate of drug-likeness (QED) is 0.566. The molecule has 0 saturated carbocycles. The van der Waals surface area contributed by atoms with Crippen molar-refractivity contribution in [3.63, 3.8) is 0 Å². The van der Waals surface area contributed by atoms with Gasteiger partial charge in [-0.25, -0.2) is 0 Å². The molecular weight excluding hydrogens is 385 g/mol. The van der Waals surface area contributed by atoms with E-state index in [1.54, 1.807) is 0 Å². The van der Waals surface area contributed by atoms with E-state index in [1.807, 2.05) is 47.0 Å². The first-order valence-electron chi connectivity index (χ1n) is 7.08. The average molecular weight is 403 g/mol. The molecule has 0 N–H and O–H groups in total. The van der Waals surface area contributed by atoms with Crippen molar-refractivity contribution in [1.82, 2.24) is 0 Å². The molecule has 1 aromatic carbocycles. The molecule has 0 spiro atoms. The average Bonchev–Trinajstić information content (AvgIpc) is 3.16. The van der Waals surface area contributed by atoms with Crippen LogP contribution in [0.4, 0.5) is 0 Å². The SMILES string of the molecule is SCC1=CSC(Cc2cccc(CC3SC=C(CS)S3)c2)S1. The Labute approximate surface area is 160 Å². The topological polar surface area (TPSA) is 0 Å². The first-order valence-corrected chi connectivity index (χ1v) is 12.0. The van der Waals surface area contributed by atoms with Crippen molar-refractivity contribution in [1.29, 1.82) is 0 Å². The summed E-state index contributed by atoms with van der Waals surface area (Å²) < 4.78 is 1.23. The summed E-state index contributed by atoms with van der Waals surface area (Å²) in [5.74, 6) is 1.73. The van der Waals surface area contributed by atoms with Crippen LogP contribution in [0.15, 0.2) is 44.9 Å². The minimum atomic E-state index is 0.616. The molecule has 6 heteroatoms.